The molecule has 2 aromatic rings. The molecule has 26 heavy (non-hydrogen) atoms. The molecule has 0 spiro atoms. The van der Waals surface area contributed by atoms with Gasteiger partial charge in [0.05, 0.1) is 4.90 Å². The molecule has 0 aliphatic heterocycles. The van der Waals surface area contributed by atoms with Gasteiger partial charge in [-0.15, -0.1) is 0 Å². The minimum Gasteiger partial charge on any atom is -0.480 e. The van der Waals surface area contributed by atoms with Gasteiger partial charge in [-0.05, 0) is 35.6 Å². The van der Waals surface area contributed by atoms with Crippen molar-refractivity contribution in [2.24, 2.45) is 0 Å². The van der Waals surface area contributed by atoms with Crippen LogP contribution >= 0.6 is 0 Å². The van der Waals surface area contributed by atoms with Crippen LogP contribution in [-0.4, -0.2) is 29.8 Å². The second-order valence-electron chi connectivity index (χ2n) is 7.32. The van der Waals surface area contributed by atoms with E-state index in [0.717, 1.165) is 15.4 Å². The van der Waals surface area contributed by atoms with E-state index >= 15 is 0 Å². The van der Waals surface area contributed by atoms with E-state index in [0.29, 0.717) is 0 Å². The third-order valence-corrected chi connectivity index (χ3v) is 6.23. The fraction of sp³-hybridized carbons (Fsp3) is 0.350. The van der Waals surface area contributed by atoms with Crippen molar-refractivity contribution in [3.63, 3.8) is 0 Å². The summed E-state index contributed by atoms with van der Waals surface area (Å²) in [6, 6.07) is 14.4. The largest absolute Gasteiger partial charge is 0.480 e. The SMILES string of the molecule is CC(C(=O)O)N(Cc1ccccc1)S(=O)(=O)c1ccc(C(C)(C)C)cc1. The first-order valence-corrected chi connectivity index (χ1v) is 9.86. The van der Waals surface area contributed by atoms with E-state index in [1.165, 1.54) is 6.92 Å². The average molecular weight is 375 g/mol. The molecule has 0 aliphatic carbocycles. The van der Waals surface area contributed by atoms with Crippen LogP contribution in [0.2, 0.25) is 0 Å². The number of benzene rings is 2. The molecule has 0 radical (unpaired) electrons. The van der Waals surface area contributed by atoms with Crippen molar-refractivity contribution >= 4 is 16.0 Å². The number of nitrogens with zero attached hydrogens (tertiary/aromatic N) is 1. The molecule has 0 aromatic heterocycles. The Balaban J connectivity index is 2.43. The number of carboxylic acids is 1. The molecule has 0 bridgehead atoms. The standard InChI is InChI=1S/C20H25NO4S/c1-15(19(22)23)21(14-16-8-6-5-7-9-16)26(24,25)18-12-10-17(11-13-18)20(2,3)4/h5-13,15H,14H2,1-4H3,(H,22,23). The fourth-order valence-electron chi connectivity index (χ4n) is 2.58. The van der Waals surface area contributed by atoms with Gasteiger partial charge < -0.3 is 5.11 Å². The highest BCUT2D eigenvalue weighted by Crippen LogP contribution is 2.26. The Morgan fingerprint density at radius 1 is 1.04 bits per heavy atom. The van der Waals surface area contributed by atoms with Crippen LogP contribution in [-0.2, 0) is 26.8 Å². The zero-order valence-electron chi connectivity index (χ0n) is 15.5. The lowest BCUT2D eigenvalue weighted by Crippen LogP contribution is -2.42. The maximum Gasteiger partial charge on any atom is 0.321 e. The molecule has 140 valence electrons. The Morgan fingerprint density at radius 2 is 1.58 bits per heavy atom. The van der Waals surface area contributed by atoms with Crippen molar-refractivity contribution in [1.29, 1.82) is 0 Å². The number of carbonyl (C=O) groups is 1. The van der Waals surface area contributed by atoms with Gasteiger partial charge in [0.1, 0.15) is 6.04 Å². The monoisotopic (exact) mass is 375 g/mol. The fourth-order valence-corrected chi connectivity index (χ4v) is 4.16. The summed E-state index contributed by atoms with van der Waals surface area (Å²) in [7, 11) is -3.95. The molecular weight excluding hydrogens is 350 g/mol. The van der Waals surface area contributed by atoms with Gasteiger partial charge in [0.15, 0.2) is 0 Å². The Bertz CT molecular complexity index is 853. The summed E-state index contributed by atoms with van der Waals surface area (Å²) in [4.78, 5) is 11.6. The zero-order valence-corrected chi connectivity index (χ0v) is 16.3. The normalized spacial score (nSPS) is 13.6. The molecule has 2 rings (SSSR count). The van der Waals surface area contributed by atoms with Crippen molar-refractivity contribution in [2.45, 2.75) is 50.6 Å². The first kappa shape index (κ1) is 20.1. The molecule has 0 saturated heterocycles. The molecule has 0 saturated carbocycles. The molecule has 1 atom stereocenters. The lowest BCUT2D eigenvalue weighted by atomic mass is 9.87. The number of hydrogen-bond donors (Lipinski definition) is 1. The molecule has 2 aromatic carbocycles. The highest BCUT2D eigenvalue weighted by atomic mass is 32.2. The van der Waals surface area contributed by atoms with Crippen LogP contribution in [0.4, 0.5) is 0 Å². The maximum absolute atomic E-state index is 13.1. The molecule has 1 N–H and O–H groups in total. The summed E-state index contributed by atoms with van der Waals surface area (Å²) in [5.74, 6) is -1.18. The van der Waals surface area contributed by atoms with Crippen LogP contribution in [0.15, 0.2) is 59.5 Å². The van der Waals surface area contributed by atoms with E-state index in [1.54, 1.807) is 48.5 Å². The lowest BCUT2D eigenvalue weighted by Gasteiger charge is -2.26. The van der Waals surface area contributed by atoms with Crippen molar-refractivity contribution in [1.82, 2.24) is 4.31 Å². The number of aliphatic carboxylic acids is 1. The third kappa shape index (κ3) is 4.51. The van der Waals surface area contributed by atoms with Gasteiger partial charge in [-0.25, -0.2) is 8.42 Å². The first-order valence-electron chi connectivity index (χ1n) is 8.42. The highest BCUT2D eigenvalue weighted by molar-refractivity contribution is 7.89. The summed E-state index contributed by atoms with van der Waals surface area (Å²) in [6.07, 6.45) is 0. The summed E-state index contributed by atoms with van der Waals surface area (Å²) in [6.45, 7) is 7.52. The number of sulfonamides is 1. The van der Waals surface area contributed by atoms with Crippen molar-refractivity contribution in [3.05, 3.63) is 65.7 Å². The van der Waals surface area contributed by atoms with Crippen molar-refractivity contribution < 1.29 is 18.3 Å². The number of rotatable bonds is 6. The third-order valence-electron chi connectivity index (χ3n) is 4.30. The Kier molecular flexibility index (Phi) is 5.88. The van der Waals surface area contributed by atoms with E-state index in [9.17, 15) is 18.3 Å². The summed E-state index contributed by atoms with van der Waals surface area (Å²) in [5, 5.41) is 9.39. The van der Waals surface area contributed by atoms with E-state index in [2.05, 4.69) is 0 Å². The molecule has 0 aliphatic rings. The topological polar surface area (TPSA) is 74.7 Å². The second-order valence-corrected chi connectivity index (χ2v) is 9.22. The lowest BCUT2D eigenvalue weighted by molar-refractivity contribution is -0.141. The molecule has 0 heterocycles. The summed E-state index contributed by atoms with van der Waals surface area (Å²) < 4.78 is 27.2. The van der Waals surface area contributed by atoms with E-state index in [1.807, 2.05) is 26.8 Å². The second kappa shape index (κ2) is 7.60. The Labute approximate surface area is 155 Å². The van der Waals surface area contributed by atoms with Crippen LogP contribution in [0.3, 0.4) is 0 Å². The Hall–Kier alpha value is -2.18. The van der Waals surface area contributed by atoms with Crippen LogP contribution in [0.5, 0.6) is 0 Å². The molecule has 5 nitrogen and oxygen atoms in total. The van der Waals surface area contributed by atoms with Gasteiger partial charge in [0.2, 0.25) is 10.0 Å². The molecular formula is C20H25NO4S. The van der Waals surface area contributed by atoms with Gasteiger partial charge in [-0.3, -0.25) is 4.79 Å². The van der Waals surface area contributed by atoms with Crippen LogP contribution < -0.4 is 0 Å². The van der Waals surface area contributed by atoms with E-state index in [-0.39, 0.29) is 16.9 Å². The summed E-state index contributed by atoms with van der Waals surface area (Å²) >= 11 is 0. The van der Waals surface area contributed by atoms with Gasteiger partial charge in [-0.1, -0.05) is 63.2 Å². The first-order chi connectivity index (χ1) is 12.0. The maximum atomic E-state index is 13.1. The predicted octanol–water partition coefficient (Wildman–Crippen LogP) is 3.65. The van der Waals surface area contributed by atoms with Gasteiger partial charge >= 0.3 is 5.97 Å². The number of carboxylic acid groups (broad SMARTS) is 1. The van der Waals surface area contributed by atoms with Crippen LogP contribution in [0, 0.1) is 0 Å². The smallest absolute Gasteiger partial charge is 0.321 e. The van der Waals surface area contributed by atoms with Crippen LogP contribution in [0.25, 0.3) is 0 Å². The highest BCUT2D eigenvalue weighted by Gasteiger charge is 2.33. The minimum atomic E-state index is -3.95. The molecule has 0 amide bonds. The van der Waals surface area contributed by atoms with Gasteiger partial charge in [-0.2, -0.15) is 4.31 Å². The molecule has 6 heteroatoms. The minimum absolute atomic E-state index is 0.00232. The average Bonchev–Trinajstić information content (AvgIpc) is 2.59. The Morgan fingerprint density at radius 3 is 2.04 bits per heavy atom. The van der Waals surface area contributed by atoms with Crippen molar-refractivity contribution in [3.8, 4) is 0 Å². The van der Waals surface area contributed by atoms with Crippen molar-refractivity contribution in [2.75, 3.05) is 0 Å². The molecule has 1 unspecified atom stereocenters. The number of hydrogen-bond acceptors (Lipinski definition) is 3. The predicted molar refractivity (Wildman–Crippen MR) is 101 cm³/mol. The summed E-state index contributed by atoms with van der Waals surface area (Å²) in [5.41, 5.74) is 1.65. The van der Waals surface area contributed by atoms with Gasteiger partial charge in [0, 0.05) is 6.54 Å². The quantitative estimate of drug-likeness (QED) is 0.836. The van der Waals surface area contributed by atoms with E-state index in [4.69, 9.17) is 0 Å². The molecule has 0 fully saturated rings. The zero-order chi connectivity index (χ0) is 19.5. The van der Waals surface area contributed by atoms with E-state index < -0.39 is 22.0 Å². The van der Waals surface area contributed by atoms with Gasteiger partial charge in [0.25, 0.3) is 0 Å². The van der Waals surface area contributed by atoms with Crippen LogP contribution in [0.1, 0.15) is 38.8 Å².